The second-order valence-electron chi connectivity index (χ2n) is 10.7. The molecule has 230 valence electrons. The minimum atomic E-state index is -4.26. The third kappa shape index (κ3) is 6.16. The second kappa shape index (κ2) is 12.1. The van der Waals surface area contributed by atoms with Crippen molar-refractivity contribution in [2.45, 2.75) is 88.7 Å². The summed E-state index contributed by atoms with van der Waals surface area (Å²) in [5.41, 5.74) is 6.64. The number of imidazole rings is 1. The molecule has 1 aromatic carbocycles. The number of nitrogens with one attached hydrogen (secondary N) is 1. The van der Waals surface area contributed by atoms with E-state index in [9.17, 15) is 14.2 Å². The number of rotatable bonds is 10. The highest BCUT2D eigenvalue weighted by Gasteiger charge is 2.58. The minimum Gasteiger partial charge on any atom is -0.461 e. The molecule has 0 radical (unpaired) electrons. The van der Waals surface area contributed by atoms with Gasteiger partial charge in [0.1, 0.15) is 35.8 Å². The number of carbonyl (C=O) groups is 2. The van der Waals surface area contributed by atoms with Gasteiger partial charge in [-0.1, -0.05) is 24.6 Å². The summed E-state index contributed by atoms with van der Waals surface area (Å²) < 4.78 is 50.4. The SMILES string of the molecule is CC(NP(=O)(Oc1ccccc1)OC(C)[C@H]1O[C@@H](n2cnc3c(N)ncnc32)[C@H]2OC(=O)OC12)C(=O)OC1CCCCC1. The molecule has 2 aromatic heterocycles. The van der Waals surface area contributed by atoms with Crippen molar-refractivity contribution < 1.29 is 42.1 Å². The van der Waals surface area contributed by atoms with E-state index in [1.54, 1.807) is 41.8 Å². The fraction of sp³-hybridized carbons (Fsp3) is 0.519. The highest BCUT2D eigenvalue weighted by molar-refractivity contribution is 7.52. The Balaban J connectivity index is 1.22. The lowest BCUT2D eigenvalue weighted by atomic mass is 9.98. The molecule has 0 bridgehead atoms. The molecule has 3 N–H and O–H groups in total. The number of carbonyl (C=O) groups excluding carboxylic acids is 2. The first-order valence-electron chi connectivity index (χ1n) is 14.2. The number of benzene rings is 1. The Morgan fingerprint density at radius 2 is 1.84 bits per heavy atom. The lowest BCUT2D eigenvalue weighted by Crippen LogP contribution is -2.41. The van der Waals surface area contributed by atoms with Gasteiger partial charge in [-0.2, -0.15) is 5.09 Å². The fourth-order valence-electron chi connectivity index (χ4n) is 5.55. The van der Waals surface area contributed by atoms with Crippen LogP contribution < -0.4 is 15.3 Å². The van der Waals surface area contributed by atoms with Crippen LogP contribution in [0.15, 0.2) is 43.0 Å². The predicted octanol–water partition coefficient (Wildman–Crippen LogP) is 3.66. The highest BCUT2D eigenvalue weighted by Crippen LogP contribution is 2.49. The van der Waals surface area contributed by atoms with E-state index in [1.165, 1.54) is 19.6 Å². The number of nitrogens with two attached hydrogens (primary N) is 1. The normalized spacial score (nSPS) is 26.6. The molecule has 2 aliphatic heterocycles. The first-order valence-corrected chi connectivity index (χ1v) is 15.7. The molecular formula is C27H33N6O9P. The molecule has 1 aliphatic carbocycles. The molecular weight excluding hydrogens is 583 g/mol. The Morgan fingerprint density at radius 1 is 1.09 bits per heavy atom. The van der Waals surface area contributed by atoms with E-state index < -0.39 is 56.6 Å². The molecule has 16 heteroatoms. The molecule has 7 atom stereocenters. The van der Waals surface area contributed by atoms with Crippen LogP contribution in [0.2, 0.25) is 0 Å². The van der Waals surface area contributed by atoms with Crippen LogP contribution in [0.25, 0.3) is 11.2 Å². The number of fused-ring (bicyclic) bond motifs is 2. The van der Waals surface area contributed by atoms with Crippen LogP contribution >= 0.6 is 7.75 Å². The first-order chi connectivity index (χ1) is 20.7. The summed E-state index contributed by atoms with van der Waals surface area (Å²) >= 11 is 0. The number of esters is 1. The maximum atomic E-state index is 14.2. The van der Waals surface area contributed by atoms with Gasteiger partial charge < -0.3 is 29.2 Å². The topological polar surface area (TPSA) is 188 Å². The van der Waals surface area contributed by atoms with E-state index in [0.717, 1.165) is 32.1 Å². The summed E-state index contributed by atoms with van der Waals surface area (Å²) in [5.74, 6) is -0.143. The van der Waals surface area contributed by atoms with Gasteiger partial charge in [-0.05, 0) is 51.7 Å². The maximum Gasteiger partial charge on any atom is 0.509 e. The molecule has 3 aliphatic rings. The third-order valence-corrected chi connectivity index (χ3v) is 9.39. The average Bonchev–Trinajstić information content (AvgIpc) is 3.67. The molecule has 4 heterocycles. The molecule has 15 nitrogen and oxygen atoms in total. The summed E-state index contributed by atoms with van der Waals surface area (Å²) in [7, 11) is -4.26. The summed E-state index contributed by atoms with van der Waals surface area (Å²) in [6.45, 7) is 3.12. The Kier molecular flexibility index (Phi) is 8.23. The Bertz CT molecular complexity index is 1520. The highest BCUT2D eigenvalue weighted by atomic mass is 31.2. The number of para-hydroxylation sites is 1. The number of aromatic nitrogens is 4. The molecule has 3 aromatic rings. The van der Waals surface area contributed by atoms with E-state index in [-0.39, 0.29) is 17.7 Å². The van der Waals surface area contributed by atoms with Gasteiger partial charge in [-0.15, -0.1) is 0 Å². The van der Waals surface area contributed by atoms with Crippen molar-refractivity contribution in [2.24, 2.45) is 0 Å². The summed E-state index contributed by atoms with van der Waals surface area (Å²) in [6, 6.07) is 7.38. The summed E-state index contributed by atoms with van der Waals surface area (Å²) in [5, 5.41) is 2.72. The van der Waals surface area contributed by atoms with Crippen LogP contribution in [0.1, 0.15) is 52.2 Å². The van der Waals surface area contributed by atoms with Gasteiger partial charge in [0, 0.05) is 0 Å². The van der Waals surface area contributed by atoms with Crippen molar-refractivity contribution in [3.05, 3.63) is 43.0 Å². The maximum absolute atomic E-state index is 14.2. The van der Waals surface area contributed by atoms with Crippen LogP contribution in [0, 0.1) is 0 Å². The summed E-state index contributed by atoms with van der Waals surface area (Å²) in [4.78, 5) is 37.6. The number of ether oxygens (including phenoxy) is 4. The average molecular weight is 617 g/mol. The monoisotopic (exact) mass is 616 g/mol. The van der Waals surface area contributed by atoms with Gasteiger partial charge in [-0.3, -0.25) is 13.9 Å². The van der Waals surface area contributed by atoms with Crippen molar-refractivity contribution in [2.75, 3.05) is 5.73 Å². The van der Waals surface area contributed by atoms with Gasteiger partial charge in [0.15, 0.2) is 29.9 Å². The van der Waals surface area contributed by atoms with Crippen LogP contribution in [0.4, 0.5) is 10.6 Å². The number of anilines is 1. The standard InChI is InChI=1S/C27H33N6O9P/c1-15(26(34)37-17-9-5-3-6-10-17)32-43(36,42-18-11-7-4-8-12-18)41-16(2)20-21-22(40-27(35)39-21)25(38-20)33-14-31-19-23(28)29-13-30-24(19)33/h4,7-8,11-17,20-22,25H,3,5-6,9-10H2,1-2H3,(H,32,36)(H2,28,29,30)/t15?,16?,20-,21?,22+,25-,43?/m1/s1. The Labute approximate surface area is 246 Å². The van der Waals surface area contributed by atoms with E-state index in [2.05, 4.69) is 20.0 Å². The zero-order chi connectivity index (χ0) is 30.1. The van der Waals surface area contributed by atoms with E-state index in [4.69, 9.17) is 33.7 Å². The van der Waals surface area contributed by atoms with E-state index in [1.807, 2.05) is 0 Å². The minimum absolute atomic E-state index is 0.174. The second-order valence-corrected chi connectivity index (χ2v) is 12.4. The van der Waals surface area contributed by atoms with E-state index >= 15 is 0 Å². The lowest BCUT2D eigenvalue weighted by Gasteiger charge is -2.29. The van der Waals surface area contributed by atoms with Crippen LogP contribution in [0.5, 0.6) is 5.75 Å². The molecule has 4 unspecified atom stereocenters. The van der Waals surface area contributed by atoms with Crippen LogP contribution in [0.3, 0.4) is 0 Å². The first kappa shape index (κ1) is 29.3. The molecule has 3 fully saturated rings. The molecule has 1 saturated carbocycles. The zero-order valence-corrected chi connectivity index (χ0v) is 24.5. The fourth-order valence-corrected chi connectivity index (χ4v) is 7.24. The Hall–Kier alpha value is -3.78. The smallest absolute Gasteiger partial charge is 0.461 e. The largest absolute Gasteiger partial charge is 0.509 e. The number of nitrogen functional groups attached to an aromatic ring is 1. The molecule has 0 amide bonds. The van der Waals surface area contributed by atoms with E-state index in [0.29, 0.717) is 11.2 Å². The van der Waals surface area contributed by atoms with Gasteiger partial charge in [-0.25, -0.2) is 24.3 Å². The predicted molar refractivity (Wildman–Crippen MR) is 150 cm³/mol. The quantitative estimate of drug-likeness (QED) is 0.248. The van der Waals surface area contributed by atoms with Crippen molar-refractivity contribution in [1.29, 1.82) is 0 Å². The molecule has 0 spiro atoms. The van der Waals surface area contributed by atoms with Crippen molar-refractivity contribution >= 4 is 36.9 Å². The number of nitrogens with zero attached hydrogens (tertiary/aromatic N) is 4. The van der Waals surface area contributed by atoms with Gasteiger partial charge >= 0.3 is 19.9 Å². The number of hydrogen-bond donors (Lipinski definition) is 2. The third-order valence-electron chi connectivity index (χ3n) is 7.63. The van der Waals surface area contributed by atoms with Crippen LogP contribution in [-0.4, -0.2) is 68.2 Å². The van der Waals surface area contributed by atoms with Gasteiger partial charge in [0.2, 0.25) is 0 Å². The van der Waals surface area contributed by atoms with Crippen molar-refractivity contribution in [3.8, 4) is 5.75 Å². The lowest BCUT2D eigenvalue weighted by molar-refractivity contribution is -0.152. The molecule has 2 saturated heterocycles. The Morgan fingerprint density at radius 3 is 2.60 bits per heavy atom. The van der Waals surface area contributed by atoms with Crippen molar-refractivity contribution in [1.82, 2.24) is 24.6 Å². The molecule has 6 rings (SSSR count). The molecule has 43 heavy (non-hydrogen) atoms. The van der Waals surface area contributed by atoms with Crippen molar-refractivity contribution in [3.63, 3.8) is 0 Å². The van der Waals surface area contributed by atoms with Gasteiger partial charge in [0.05, 0.1) is 12.4 Å². The van der Waals surface area contributed by atoms with Gasteiger partial charge in [0.25, 0.3) is 0 Å². The number of hydrogen-bond acceptors (Lipinski definition) is 13. The summed E-state index contributed by atoms with van der Waals surface area (Å²) in [6.07, 6.45) is 1.63. The van der Waals surface area contributed by atoms with Crippen LogP contribution in [-0.2, 0) is 32.8 Å². The zero-order valence-electron chi connectivity index (χ0n) is 23.6.